The van der Waals surface area contributed by atoms with E-state index >= 15 is 0 Å². The number of sulfone groups is 1. The highest BCUT2D eigenvalue weighted by atomic mass is 32.2. The number of hydrogen-bond acceptors (Lipinski definition) is 6. The lowest BCUT2D eigenvalue weighted by Gasteiger charge is -2.36. The van der Waals surface area contributed by atoms with Gasteiger partial charge >= 0.3 is 0 Å². The second-order valence-corrected chi connectivity index (χ2v) is 11.4. The van der Waals surface area contributed by atoms with E-state index in [-0.39, 0.29) is 21.8 Å². The van der Waals surface area contributed by atoms with E-state index in [4.69, 9.17) is 4.74 Å². The molecule has 1 aliphatic rings. The summed E-state index contributed by atoms with van der Waals surface area (Å²) < 4.78 is 33.3. The topological polar surface area (TPSA) is 63.7 Å². The first-order valence-corrected chi connectivity index (χ1v) is 14.2. The minimum absolute atomic E-state index is 0.105. The molecule has 0 saturated carbocycles. The van der Waals surface area contributed by atoms with E-state index < -0.39 is 9.84 Å². The molecule has 3 rings (SSSR count). The molecule has 7 heteroatoms. The summed E-state index contributed by atoms with van der Waals surface area (Å²) in [5.41, 5.74) is 1.31. The fraction of sp³-hybridized carbons (Fsp3) is 0.423. The molecule has 0 radical (unpaired) electrons. The van der Waals surface area contributed by atoms with E-state index in [9.17, 15) is 13.2 Å². The molecule has 0 spiro atoms. The minimum Gasteiger partial charge on any atom is -0.464 e. The van der Waals surface area contributed by atoms with Crippen LogP contribution >= 0.6 is 11.8 Å². The van der Waals surface area contributed by atoms with Crippen LogP contribution in [-0.2, 0) is 14.6 Å². The van der Waals surface area contributed by atoms with Crippen LogP contribution in [0.15, 0.2) is 64.6 Å². The lowest BCUT2D eigenvalue weighted by atomic mass is 9.81. The quantitative estimate of drug-likeness (QED) is 0.232. The largest absolute Gasteiger partial charge is 0.464 e. The molecule has 0 aromatic heterocycles. The van der Waals surface area contributed by atoms with Crippen molar-refractivity contribution in [1.29, 1.82) is 0 Å². The number of hydrogen-bond donors (Lipinski definition) is 0. The summed E-state index contributed by atoms with van der Waals surface area (Å²) in [5.74, 6) is 0.406. The monoisotopic (exact) mass is 487 g/mol. The van der Waals surface area contributed by atoms with E-state index in [2.05, 4.69) is 18.7 Å². The Balaban J connectivity index is 2.22. The Hall–Kier alpha value is -2.25. The van der Waals surface area contributed by atoms with Crippen LogP contribution in [0.25, 0.3) is 0 Å². The van der Waals surface area contributed by atoms with Gasteiger partial charge in [0.15, 0.2) is 15.6 Å². The predicted octanol–water partition coefficient (Wildman–Crippen LogP) is 6.40. The molecule has 0 fully saturated rings. The van der Waals surface area contributed by atoms with Crippen LogP contribution in [0.5, 0.6) is 5.75 Å². The summed E-state index contributed by atoms with van der Waals surface area (Å²) in [6, 6.07) is 13.5. The first-order chi connectivity index (χ1) is 15.7. The summed E-state index contributed by atoms with van der Waals surface area (Å²) in [6.07, 6.45) is 8.23. The first-order valence-electron chi connectivity index (χ1n) is 11.4. The van der Waals surface area contributed by atoms with E-state index in [1.54, 1.807) is 6.07 Å². The number of anilines is 2. The van der Waals surface area contributed by atoms with Crippen LogP contribution in [0.1, 0.15) is 46.5 Å². The summed E-state index contributed by atoms with van der Waals surface area (Å²) in [7, 11) is -3.58. The van der Waals surface area contributed by atoms with Crippen LogP contribution in [0, 0.1) is 5.41 Å². The van der Waals surface area contributed by atoms with Crippen LogP contribution < -0.4 is 9.64 Å². The fourth-order valence-electron chi connectivity index (χ4n) is 4.32. The standard InChI is InChI=1S/C26H33NO4S2/c1-5-7-14-26(6-2)18-27(21-11-9-8-10-12-21)22-16-24(32-4)23(31-15-13-20(3)28)17-25(22)33(29,30)19-26/h8-13,15-17H,5-7,14,18-19H2,1-4H3/b15-13-. The zero-order valence-corrected chi connectivity index (χ0v) is 21.5. The number of carbonyl (C=O) groups excluding carboxylic acids is 1. The zero-order chi connectivity index (χ0) is 24.1. The van der Waals surface area contributed by atoms with Gasteiger partial charge in [0, 0.05) is 29.8 Å². The van der Waals surface area contributed by atoms with Gasteiger partial charge in [0.2, 0.25) is 0 Å². The SMILES string of the molecule is CCCCC1(CC)CN(c2ccccc2)c2cc(SC)c(O/C=C\C(C)=O)cc2S(=O)(=O)C1. The minimum atomic E-state index is -3.58. The Morgan fingerprint density at radius 2 is 1.94 bits per heavy atom. The van der Waals surface area contributed by atoms with Crippen molar-refractivity contribution in [1.82, 2.24) is 0 Å². The maximum Gasteiger partial charge on any atom is 0.181 e. The predicted molar refractivity (Wildman–Crippen MR) is 136 cm³/mol. The van der Waals surface area contributed by atoms with Gasteiger partial charge in [-0.05, 0) is 44.2 Å². The summed E-state index contributed by atoms with van der Waals surface area (Å²) >= 11 is 1.49. The number of thioether (sulfide) groups is 1. The summed E-state index contributed by atoms with van der Waals surface area (Å²) in [4.78, 5) is 14.5. The average Bonchev–Trinajstić information content (AvgIpc) is 2.90. The van der Waals surface area contributed by atoms with Gasteiger partial charge in [-0.1, -0.05) is 44.9 Å². The molecular formula is C26H33NO4S2. The second-order valence-electron chi connectivity index (χ2n) is 8.64. The Kier molecular flexibility index (Phi) is 8.29. The van der Waals surface area contributed by atoms with Crippen molar-refractivity contribution in [2.45, 2.75) is 56.2 Å². The van der Waals surface area contributed by atoms with Crippen LogP contribution in [0.2, 0.25) is 0 Å². The second kappa shape index (κ2) is 10.8. The van der Waals surface area contributed by atoms with Gasteiger partial charge in [0.25, 0.3) is 0 Å². The molecule has 1 unspecified atom stereocenters. The van der Waals surface area contributed by atoms with Gasteiger partial charge in [-0.25, -0.2) is 8.42 Å². The van der Waals surface area contributed by atoms with E-state index in [0.29, 0.717) is 18.0 Å². The molecular weight excluding hydrogens is 454 g/mol. The third-order valence-corrected chi connectivity index (χ3v) is 8.99. The Morgan fingerprint density at radius 1 is 1.21 bits per heavy atom. The molecule has 2 aromatic carbocycles. The van der Waals surface area contributed by atoms with Crippen molar-refractivity contribution in [3.63, 3.8) is 0 Å². The molecule has 0 saturated heterocycles. The van der Waals surface area contributed by atoms with Gasteiger partial charge in [-0.3, -0.25) is 4.79 Å². The first kappa shape index (κ1) is 25.4. The third-order valence-electron chi connectivity index (χ3n) is 6.24. The molecule has 0 N–H and O–H groups in total. The number of nitrogens with zero attached hydrogens (tertiary/aromatic N) is 1. The van der Waals surface area contributed by atoms with Crippen LogP contribution in [0.4, 0.5) is 11.4 Å². The Bertz CT molecular complexity index is 1110. The molecule has 1 heterocycles. The molecule has 33 heavy (non-hydrogen) atoms. The fourth-order valence-corrected chi connectivity index (χ4v) is 7.04. The molecule has 1 atom stereocenters. The van der Waals surface area contributed by atoms with Crippen LogP contribution in [0.3, 0.4) is 0 Å². The number of fused-ring (bicyclic) bond motifs is 1. The number of ketones is 1. The average molecular weight is 488 g/mol. The number of unbranched alkanes of at least 4 members (excludes halogenated alkanes) is 1. The lowest BCUT2D eigenvalue weighted by molar-refractivity contribution is -0.112. The number of rotatable bonds is 9. The number of allylic oxidation sites excluding steroid dienone is 1. The van der Waals surface area contributed by atoms with Crippen molar-refractivity contribution < 1.29 is 17.9 Å². The highest BCUT2D eigenvalue weighted by Crippen LogP contribution is 2.47. The number of para-hydroxylation sites is 1. The molecule has 2 aromatic rings. The Morgan fingerprint density at radius 3 is 2.55 bits per heavy atom. The summed E-state index contributed by atoms with van der Waals surface area (Å²) in [6.45, 7) is 6.31. The highest BCUT2D eigenvalue weighted by molar-refractivity contribution is 7.98. The zero-order valence-electron chi connectivity index (χ0n) is 19.8. The molecule has 5 nitrogen and oxygen atoms in total. The molecule has 0 bridgehead atoms. The van der Waals surface area contributed by atoms with E-state index in [0.717, 1.165) is 36.3 Å². The van der Waals surface area contributed by atoms with Gasteiger partial charge < -0.3 is 9.64 Å². The maximum atomic E-state index is 13.8. The van der Waals surface area contributed by atoms with Gasteiger partial charge in [0.1, 0.15) is 5.75 Å². The molecule has 1 aliphatic heterocycles. The smallest absolute Gasteiger partial charge is 0.181 e. The highest BCUT2D eigenvalue weighted by Gasteiger charge is 2.41. The van der Waals surface area contributed by atoms with Crippen LogP contribution in [-0.4, -0.2) is 32.8 Å². The van der Waals surface area contributed by atoms with Crippen molar-refractivity contribution in [3.8, 4) is 5.75 Å². The number of carbonyl (C=O) groups is 1. The number of benzene rings is 2. The molecule has 0 aliphatic carbocycles. The van der Waals surface area contributed by atoms with Crippen molar-refractivity contribution in [2.75, 3.05) is 23.5 Å². The van der Waals surface area contributed by atoms with Gasteiger partial charge in [0.05, 0.1) is 27.5 Å². The van der Waals surface area contributed by atoms with E-state index in [1.165, 1.54) is 31.0 Å². The van der Waals surface area contributed by atoms with Gasteiger partial charge in [-0.2, -0.15) is 0 Å². The molecule has 0 amide bonds. The van der Waals surface area contributed by atoms with Crippen molar-refractivity contribution in [2.24, 2.45) is 5.41 Å². The van der Waals surface area contributed by atoms with Gasteiger partial charge in [-0.15, -0.1) is 11.8 Å². The van der Waals surface area contributed by atoms with Crippen molar-refractivity contribution >= 4 is 38.8 Å². The molecule has 178 valence electrons. The summed E-state index contributed by atoms with van der Waals surface area (Å²) in [5, 5.41) is 0. The van der Waals surface area contributed by atoms with Crippen molar-refractivity contribution in [3.05, 3.63) is 54.8 Å². The van der Waals surface area contributed by atoms with E-state index in [1.807, 2.05) is 42.7 Å². The third kappa shape index (κ3) is 5.82. The normalized spacial score (nSPS) is 19.8. The number of ether oxygens (including phenoxy) is 1. The maximum absolute atomic E-state index is 13.8. The lowest BCUT2D eigenvalue weighted by Crippen LogP contribution is -2.37. The Labute approximate surface area is 202 Å².